The molecule has 1 fully saturated rings. The maximum absolute atomic E-state index is 11.4. The molecule has 1 heterocycles. The van der Waals surface area contributed by atoms with Crippen LogP contribution in [-0.2, 0) is 9.53 Å². The molecule has 0 N–H and O–H groups in total. The molecule has 0 radical (unpaired) electrons. The summed E-state index contributed by atoms with van der Waals surface area (Å²) in [5.41, 5.74) is 1.08. The molecule has 0 aromatic heterocycles. The molecule has 14 heavy (non-hydrogen) atoms. The number of carbonyl (C=O) groups is 1. The number of hydrogen-bond acceptors (Lipinski definition) is 2. The second-order valence-electron chi connectivity index (χ2n) is 3.35. The molecule has 0 saturated carbocycles. The third-order valence-corrected chi connectivity index (χ3v) is 2.28. The Morgan fingerprint density at radius 3 is 2.79 bits per heavy atom. The number of benzene rings is 1. The molecule has 0 aliphatic carbocycles. The maximum Gasteiger partial charge on any atom is 0.168 e. The molecule has 1 aliphatic rings. The zero-order chi connectivity index (χ0) is 9.97. The molecule has 2 heteroatoms. The van der Waals surface area contributed by atoms with Gasteiger partial charge in [0.2, 0.25) is 0 Å². The standard InChI is InChI=1S/C12H12O2/c1-2-6-10(13)12-11(14-12)9-7-4-3-5-8-9/h2-5,7-8,11-12H,1,6H2. The van der Waals surface area contributed by atoms with Crippen molar-refractivity contribution < 1.29 is 9.53 Å². The van der Waals surface area contributed by atoms with Crippen LogP contribution in [0.2, 0.25) is 0 Å². The molecule has 1 saturated heterocycles. The normalized spacial score (nSPS) is 24.3. The van der Waals surface area contributed by atoms with Gasteiger partial charge in [0.25, 0.3) is 0 Å². The summed E-state index contributed by atoms with van der Waals surface area (Å²) in [6.07, 6.45) is 1.75. The number of rotatable bonds is 4. The Kier molecular flexibility index (Phi) is 2.46. The van der Waals surface area contributed by atoms with Gasteiger partial charge in [-0.05, 0) is 5.56 Å². The molecule has 1 aromatic carbocycles. The lowest BCUT2D eigenvalue weighted by Crippen LogP contribution is -2.05. The summed E-state index contributed by atoms with van der Waals surface area (Å²) >= 11 is 0. The first kappa shape index (κ1) is 9.16. The van der Waals surface area contributed by atoms with Crippen LogP contribution in [0, 0.1) is 0 Å². The molecule has 72 valence electrons. The summed E-state index contributed by atoms with van der Waals surface area (Å²) in [4.78, 5) is 11.4. The highest BCUT2D eigenvalue weighted by Gasteiger charge is 2.44. The fourth-order valence-electron chi connectivity index (χ4n) is 1.51. The second-order valence-corrected chi connectivity index (χ2v) is 3.35. The van der Waals surface area contributed by atoms with Crippen molar-refractivity contribution in [3.8, 4) is 0 Å². The van der Waals surface area contributed by atoms with Crippen LogP contribution in [-0.4, -0.2) is 11.9 Å². The third-order valence-electron chi connectivity index (χ3n) is 2.28. The maximum atomic E-state index is 11.4. The van der Waals surface area contributed by atoms with Crippen LogP contribution in [0.5, 0.6) is 0 Å². The quantitative estimate of drug-likeness (QED) is 0.536. The van der Waals surface area contributed by atoms with Crippen molar-refractivity contribution in [1.29, 1.82) is 0 Å². The van der Waals surface area contributed by atoms with Crippen molar-refractivity contribution in [2.45, 2.75) is 18.6 Å². The smallest absolute Gasteiger partial charge is 0.168 e. The van der Waals surface area contributed by atoms with E-state index >= 15 is 0 Å². The summed E-state index contributed by atoms with van der Waals surface area (Å²) in [5, 5.41) is 0. The zero-order valence-electron chi connectivity index (χ0n) is 7.85. The van der Waals surface area contributed by atoms with Crippen molar-refractivity contribution in [3.05, 3.63) is 48.6 Å². The van der Waals surface area contributed by atoms with Gasteiger partial charge in [0, 0.05) is 6.42 Å². The lowest BCUT2D eigenvalue weighted by Gasteiger charge is -1.93. The molecule has 2 atom stereocenters. The van der Waals surface area contributed by atoms with Crippen molar-refractivity contribution in [1.82, 2.24) is 0 Å². The largest absolute Gasteiger partial charge is 0.356 e. The average molecular weight is 188 g/mol. The van der Waals surface area contributed by atoms with E-state index in [0.29, 0.717) is 6.42 Å². The minimum absolute atomic E-state index is 0.0244. The Labute approximate surface area is 83.2 Å². The molecule has 2 nitrogen and oxygen atoms in total. The van der Waals surface area contributed by atoms with Gasteiger partial charge in [-0.3, -0.25) is 4.79 Å². The summed E-state index contributed by atoms with van der Waals surface area (Å²) < 4.78 is 5.32. The predicted octanol–water partition coefficient (Wildman–Crippen LogP) is 2.27. The number of ketones is 1. The molecule has 2 rings (SSSR count). The highest BCUT2D eigenvalue weighted by molar-refractivity contribution is 5.87. The number of Topliss-reactive ketones (excluding diaryl/α,β-unsaturated/α-hetero) is 1. The fraction of sp³-hybridized carbons (Fsp3) is 0.250. The van der Waals surface area contributed by atoms with E-state index in [0.717, 1.165) is 5.56 Å². The number of epoxide rings is 1. The van der Waals surface area contributed by atoms with Crippen molar-refractivity contribution in [3.63, 3.8) is 0 Å². The van der Waals surface area contributed by atoms with Gasteiger partial charge >= 0.3 is 0 Å². The van der Waals surface area contributed by atoms with E-state index in [1.54, 1.807) is 6.08 Å². The molecular weight excluding hydrogens is 176 g/mol. The Morgan fingerprint density at radius 1 is 1.43 bits per heavy atom. The number of allylic oxidation sites excluding steroid dienone is 1. The summed E-state index contributed by atoms with van der Waals surface area (Å²) in [6.45, 7) is 3.53. The molecule has 0 amide bonds. The van der Waals surface area contributed by atoms with Crippen molar-refractivity contribution in [2.75, 3.05) is 0 Å². The van der Waals surface area contributed by atoms with Gasteiger partial charge in [-0.2, -0.15) is 0 Å². The van der Waals surface area contributed by atoms with Crippen LogP contribution >= 0.6 is 0 Å². The first-order chi connectivity index (χ1) is 6.83. The molecular formula is C12H12O2. The fourth-order valence-corrected chi connectivity index (χ4v) is 1.51. The van der Waals surface area contributed by atoms with Crippen LogP contribution in [0.3, 0.4) is 0 Å². The Hall–Kier alpha value is -1.41. The predicted molar refractivity (Wildman–Crippen MR) is 53.9 cm³/mol. The van der Waals surface area contributed by atoms with Crippen LogP contribution in [0.15, 0.2) is 43.0 Å². The van der Waals surface area contributed by atoms with Gasteiger partial charge in [0.05, 0.1) is 0 Å². The van der Waals surface area contributed by atoms with Gasteiger partial charge in [-0.25, -0.2) is 0 Å². The summed E-state index contributed by atoms with van der Waals surface area (Å²) in [6, 6.07) is 9.81. The van der Waals surface area contributed by atoms with Crippen LogP contribution in [0.25, 0.3) is 0 Å². The van der Waals surface area contributed by atoms with E-state index in [9.17, 15) is 4.79 Å². The van der Waals surface area contributed by atoms with E-state index in [4.69, 9.17) is 4.74 Å². The Morgan fingerprint density at radius 2 is 2.14 bits per heavy atom. The van der Waals surface area contributed by atoms with Gasteiger partial charge in [-0.15, -0.1) is 6.58 Å². The van der Waals surface area contributed by atoms with E-state index in [-0.39, 0.29) is 18.0 Å². The molecule has 0 bridgehead atoms. The Bertz CT molecular complexity index is 343. The van der Waals surface area contributed by atoms with Crippen molar-refractivity contribution in [2.24, 2.45) is 0 Å². The van der Waals surface area contributed by atoms with Gasteiger partial charge in [-0.1, -0.05) is 36.4 Å². The molecule has 1 aromatic rings. The number of ether oxygens (including phenoxy) is 1. The Balaban J connectivity index is 1.99. The lowest BCUT2D eigenvalue weighted by molar-refractivity contribution is -0.119. The van der Waals surface area contributed by atoms with E-state index in [1.807, 2.05) is 30.3 Å². The first-order valence-electron chi connectivity index (χ1n) is 4.67. The van der Waals surface area contributed by atoms with Crippen LogP contribution in [0.1, 0.15) is 18.1 Å². The van der Waals surface area contributed by atoms with E-state index in [1.165, 1.54) is 0 Å². The highest BCUT2D eigenvalue weighted by Crippen LogP contribution is 2.39. The third kappa shape index (κ3) is 1.75. The van der Waals surface area contributed by atoms with Gasteiger partial charge in [0.1, 0.15) is 12.2 Å². The molecule has 1 aliphatic heterocycles. The number of hydrogen-bond donors (Lipinski definition) is 0. The minimum atomic E-state index is -0.240. The summed E-state index contributed by atoms with van der Waals surface area (Å²) in [5.74, 6) is 0.119. The van der Waals surface area contributed by atoms with Crippen LogP contribution in [0.4, 0.5) is 0 Å². The van der Waals surface area contributed by atoms with Gasteiger partial charge in [0.15, 0.2) is 5.78 Å². The number of carbonyl (C=O) groups excluding carboxylic acids is 1. The zero-order valence-corrected chi connectivity index (χ0v) is 7.85. The van der Waals surface area contributed by atoms with Crippen molar-refractivity contribution >= 4 is 5.78 Å². The lowest BCUT2D eigenvalue weighted by atomic mass is 10.1. The van der Waals surface area contributed by atoms with E-state index in [2.05, 4.69) is 6.58 Å². The van der Waals surface area contributed by atoms with Gasteiger partial charge < -0.3 is 4.74 Å². The first-order valence-corrected chi connectivity index (χ1v) is 4.67. The second kappa shape index (κ2) is 3.76. The summed E-state index contributed by atoms with van der Waals surface area (Å²) in [7, 11) is 0. The highest BCUT2D eigenvalue weighted by atomic mass is 16.6. The van der Waals surface area contributed by atoms with E-state index < -0.39 is 0 Å². The monoisotopic (exact) mass is 188 g/mol. The molecule has 0 spiro atoms. The minimum Gasteiger partial charge on any atom is -0.356 e. The topological polar surface area (TPSA) is 29.6 Å². The molecule has 2 unspecified atom stereocenters. The average Bonchev–Trinajstić information content (AvgIpc) is 2.99. The SMILES string of the molecule is C=CCC(=O)C1OC1c1ccccc1. The van der Waals surface area contributed by atoms with Crippen LogP contribution < -0.4 is 0 Å².